The lowest BCUT2D eigenvalue weighted by Gasteiger charge is -2.27. The molecule has 0 aliphatic heterocycles. The number of nitrogens with one attached hydrogen (secondary N) is 1. The predicted molar refractivity (Wildman–Crippen MR) is 85.5 cm³/mol. The van der Waals surface area contributed by atoms with Gasteiger partial charge in [-0.2, -0.15) is 0 Å². The van der Waals surface area contributed by atoms with Crippen molar-refractivity contribution in [2.75, 3.05) is 19.4 Å². The maximum absolute atomic E-state index is 12.2. The molecule has 4 heteroatoms. The molecular weight excluding hydrogens is 264 g/mol. The number of carbonyl (C=O) groups excluding carboxylic acids is 1. The van der Waals surface area contributed by atoms with Gasteiger partial charge in [0.15, 0.2) is 0 Å². The topological polar surface area (TPSA) is 64.3 Å². The number of methoxy groups -OCH3 is 1. The number of ether oxygens (including phenoxy) is 1. The second kappa shape index (κ2) is 7.34. The highest BCUT2D eigenvalue weighted by molar-refractivity contribution is 5.99. The molecule has 1 aromatic carbocycles. The summed E-state index contributed by atoms with van der Waals surface area (Å²) in [5.74, 6) is 2.07. The number of carbonyl (C=O) groups is 1. The van der Waals surface area contributed by atoms with Crippen molar-refractivity contribution >= 4 is 11.6 Å². The predicted octanol–water partition coefficient (Wildman–Crippen LogP) is 3.22. The van der Waals surface area contributed by atoms with Gasteiger partial charge in [0.1, 0.15) is 5.75 Å². The van der Waals surface area contributed by atoms with Gasteiger partial charge in [-0.15, -0.1) is 0 Å². The zero-order valence-corrected chi connectivity index (χ0v) is 13.0. The van der Waals surface area contributed by atoms with E-state index < -0.39 is 0 Å². The monoisotopic (exact) mass is 290 g/mol. The minimum atomic E-state index is -0.0900. The van der Waals surface area contributed by atoms with E-state index in [0.717, 1.165) is 12.5 Å². The summed E-state index contributed by atoms with van der Waals surface area (Å²) in [6, 6.07) is 5.16. The first-order valence-electron chi connectivity index (χ1n) is 7.85. The summed E-state index contributed by atoms with van der Waals surface area (Å²) in [4.78, 5) is 12.2. The van der Waals surface area contributed by atoms with Gasteiger partial charge in [0.05, 0.1) is 12.7 Å². The van der Waals surface area contributed by atoms with Crippen LogP contribution in [0.3, 0.4) is 0 Å². The van der Waals surface area contributed by atoms with Crippen LogP contribution >= 0.6 is 0 Å². The number of rotatable bonds is 5. The number of nitrogen functional groups attached to an aromatic ring is 1. The van der Waals surface area contributed by atoms with E-state index in [1.54, 1.807) is 25.3 Å². The van der Waals surface area contributed by atoms with E-state index in [0.29, 0.717) is 22.9 Å². The van der Waals surface area contributed by atoms with Gasteiger partial charge in [-0.1, -0.05) is 26.2 Å². The Kier molecular flexibility index (Phi) is 5.48. The Bertz CT molecular complexity index is 480. The molecule has 3 N–H and O–H groups in total. The van der Waals surface area contributed by atoms with Crippen LogP contribution in [0, 0.1) is 11.8 Å². The Morgan fingerprint density at radius 3 is 2.52 bits per heavy atom. The number of hydrogen-bond acceptors (Lipinski definition) is 3. The van der Waals surface area contributed by atoms with Crippen molar-refractivity contribution in [1.82, 2.24) is 5.32 Å². The highest BCUT2D eigenvalue weighted by Crippen LogP contribution is 2.30. The zero-order chi connectivity index (χ0) is 15.2. The van der Waals surface area contributed by atoms with Crippen LogP contribution in [0.15, 0.2) is 18.2 Å². The third-order valence-electron chi connectivity index (χ3n) is 4.60. The summed E-state index contributed by atoms with van der Waals surface area (Å²) in [7, 11) is 1.58. The van der Waals surface area contributed by atoms with E-state index in [1.807, 2.05) is 0 Å². The molecule has 0 aromatic heterocycles. The van der Waals surface area contributed by atoms with E-state index >= 15 is 0 Å². The van der Waals surface area contributed by atoms with Crippen molar-refractivity contribution in [3.05, 3.63) is 23.8 Å². The average molecular weight is 290 g/mol. The second-order valence-corrected chi connectivity index (χ2v) is 5.96. The summed E-state index contributed by atoms with van der Waals surface area (Å²) in [6.45, 7) is 3.01. The summed E-state index contributed by atoms with van der Waals surface area (Å²) >= 11 is 0. The van der Waals surface area contributed by atoms with Gasteiger partial charge in [0.2, 0.25) is 0 Å². The first-order chi connectivity index (χ1) is 10.1. The van der Waals surface area contributed by atoms with Crippen LogP contribution in [0.4, 0.5) is 5.69 Å². The molecule has 0 bridgehead atoms. The molecule has 0 spiro atoms. The van der Waals surface area contributed by atoms with Crippen LogP contribution < -0.4 is 15.8 Å². The van der Waals surface area contributed by atoms with Crippen LogP contribution in [-0.2, 0) is 0 Å². The molecule has 0 radical (unpaired) electrons. The van der Waals surface area contributed by atoms with E-state index in [9.17, 15) is 4.79 Å². The smallest absolute Gasteiger partial charge is 0.253 e. The molecule has 0 unspecified atom stereocenters. The van der Waals surface area contributed by atoms with Crippen molar-refractivity contribution in [2.45, 2.75) is 39.0 Å². The summed E-state index contributed by atoms with van der Waals surface area (Å²) in [5.41, 5.74) is 6.89. The molecular formula is C17H26N2O2. The van der Waals surface area contributed by atoms with Crippen LogP contribution in [0.2, 0.25) is 0 Å². The van der Waals surface area contributed by atoms with Crippen LogP contribution in [0.25, 0.3) is 0 Å². The summed E-state index contributed by atoms with van der Waals surface area (Å²) < 4.78 is 5.09. The van der Waals surface area contributed by atoms with Crippen molar-refractivity contribution < 1.29 is 9.53 Å². The van der Waals surface area contributed by atoms with Gasteiger partial charge in [-0.05, 0) is 36.8 Å². The van der Waals surface area contributed by atoms with E-state index in [1.165, 1.54) is 32.1 Å². The summed E-state index contributed by atoms with van der Waals surface area (Å²) in [5, 5.41) is 3.02. The van der Waals surface area contributed by atoms with Crippen molar-refractivity contribution in [3.63, 3.8) is 0 Å². The minimum absolute atomic E-state index is 0.0900. The molecule has 2 rings (SSSR count). The van der Waals surface area contributed by atoms with Crippen LogP contribution in [0.1, 0.15) is 49.4 Å². The molecule has 4 nitrogen and oxygen atoms in total. The van der Waals surface area contributed by atoms with Gasteiger partial charge in [0.25, 0.3) is 5.91 Å². The number of benzene rings is 1. The van der Waals surface area contributed by atoms with Gasteiger partial charge < -0.3 is 15.8 Å². The van der Waals surface area contributed by atoms with E-state index in [-0.39, 0.29) is 5.91 Å². The van der Waals surface area contributed by atoms with E-state index in [4.69, 9.17) is 10.5 Å². The van der Waals surface area contributed by atoms with Crippen molar-refractivity contribution in [3.8, 4) is 5.75 Å². The Balaban J connectivity index is 1.85. The Hall–Kier alpha value is -1.71. The van der Waals surface area contributed by atoms with E-state index in [2.05, 4.69) is 12.2 Å². The SMILES string of the molecule is CCC1CCC(CNC(=O)c2ccc(OC)cc2N)CC1. The Morgan fingerprint density at radius 2 is 1.95 bits per heavy atom. The quantitative estimate of drug-likeness (QED) is 0.818. The van der Waals surface area contributed by atoms with Gasteiger partial charge in [0, 0.05) is 18.3 Å². The first-order valence-corrected chi connectivity index (χ1v) is 7.85. The number of anilines is 1. The molecule has 0 atom stereocenters. The van der Waals surface area contributed by atoms with Gasteiger partial charge in [-0.25, -0.2) is 0 Å². The molecule has 1 amide bonds. The number of hydrogen-bond donors (Lipinski definition) is 2. The zero-order valence-electron chi connectivity index (χ0n) is 13.0. The molecule has 21 heavy (non-hydrogen) atoms. The van der Waals surface area contributed by atoms with Gasteiger partial charge in [-0.3, -0.25) is 4.79 Å². The molecule has 0 heterocycles. The highest BCUT2D eigenvalue weighted by Gasteiger charge is 2.20. The maximum Gasteiger partial charge on any atom is 0.253 e. The molecule has 1 aliphatic rings. The third kappa shape index (κ3) is 4.13. The average Bonchev–Trinajstić information content (AvgIpc) is 2.52. The largest absolute Gasteiger partial charge is 0.497 e. The molecule has 1 saturated carbocycles. The molecule has 1 aliphatic carbocycles. The fourth-order valence-electron chi connectivity index (χ4n) is 3.05. The molecule has 1 aromatic rings. The Morgan fingerprint density at radius 1 is 1.29 bits per heavy atom. The first kappa shape index (κ1) is 15.7. The number of amides is 1. The van der Waals surface area contributed by atoms with Crippen LogP contribution in [-0.4, -0.2) is 19.6 Å². The van der Waals surface area contributed by atoms with Crippen molar-refractivity contribution in [1.29, 1.82) is 0 Å². The second-order valence-electron chi connectivity index (χ2n) is 5.96. The third-order valence-corrected chi connectivity index (χ3v) is 4.60. The van der Waals surface area contributed by atoms with Crippen LogP contribution in [0.5, 0.6) is 5.75 Å². The maximum atomic E-state index is 12.2. The van der Waals surface area contributed by atoms with Crippen molar-refractivity contribution in [2.24, 2.45) is 11.8 Å². The Labute approximate surface area is 127 Å². The lowest BCUT2D eigenvalue weighted by atomic mass is 9.81. The molecule has 0 saturated heterocycles. The molecule has 1 fully saturated rings. The standard InChI is InChI=1S/C17H26N2O2/c1-3-12-4-6-13(7-5-12)11-19-17(20)15-9-8-14(21-2)10-16(15)18/h8-10,12-13H,3-7,11,18H2,1-2H3,(H,19,20). The number of nitrogens with two attached hydrogens (primary N) is 1. The minimum Gasteiger partial charge on any atom is -0.497 e. The molecule has 116 valence electrons. The fourth-order valence-corrected chi connectivity index (χ4v) is 3.05. The normalized spacial score (nSPS) is 21.8. The van der Waals surface area contributed by atoms with Gasteiger partial charge >= 0.3 is 0 Å². The lowest BCUT2D eigenvalue weighted by Crippen LogP contribution is -2.31. The fraction of sp³-hybridized carbons (Fsp3) is 0.588. The highest BCUT2D eigenvalue weighted by atomic mass is 16.5. The summed E-state index contributed by atoms with van der Waals surface area (Å²) in [6.07, 6.45) is 6.30. The lowest BCUT2D eigenvalue weighted by molar-refractivity contribution is 0.0942.